The van der Waals surface area contributed by atoms with E-state index in [1.54, 1.807) is 0 Å². The molecule has 1 heteroatoms. The van der Waals surface area contributed by atoms with Gasteiger partial charge >= 0.3 is 0 Å². The van der Waals surface area contributed by atoms with Crippen molar-refractivity contribution in [3.8, 4) is 0 Å². The van der Waals surface area contributed by atoms with Gasteiger partial charge < -0.3 is 5.32 Å². The monoisotopic (exact) mass is 253 g/mol. The van der Waals surface area contributed by atoms with Crippen LogP contribution in [0, 0.1) is 29.1 Å². The zero-order valence-electron chi connectivity index (χ0n) is 13.7. The summed E-state index contributed by atoms with van der Waals surface area (Å²) in [5.41, 5.74) is 0.405. The molecule has 0 amide bonds. The molecule has 1 saturated carbocycles. The highest BCUT2D eigenvalue weighted by Gasteiger charge is 2.32. The normalized spacial score (nSPS) is 30.2. The van der Waals surface area contributed by atoms with Crippen LogP contribution in [0.3, 0.4) is 0 Å². The van der Waals surface area contributed by atoms with Gasteiger partial charge in [-0.2, -0.15) is 0 Å². The minimum Gasteiger partial charge on any atom is -0.313 e. The summed E-state index contributed by atoms with van der Waals surface area (Å²) >= 11 is 0. The second-order valence-electron chi connectivity index (χ2n) is 7.96. The van der Waals surface area contributed by atoms with Gasteiger partial charge in [-0.1, -0.05) is 54.9 Å². The third-order valence-corrected chi connectivity index (χ3v) is 5.41. The Balaban J connectivity index is 2.56. The van der Waals surface area contributed by atoms with Crippen molar-refractivity contribution < 1.29 is 0 Å². The average Bonchev–Trinajstić information content (AvgIpc) is 2.26. The van der Waals surface area contributed by atoms with Gasteiger partial charge in [0.1, 0.15) is 0 Å². The van der Waals surface area contributed by atoms with Crippen molar-refractivity contribution in [2.75, 3.05) is 6.54 Å². The van der Waals surface area contributed by atoms with Crippen molar-refractivity contribution in [3.63, 3.8) is 0 Å². The standard InChI is InChI=1S/C17H35N/c1-12(2)15-9-8-14(5)10-16(15)18-11-17(6,7)13(3)4/h12-16,18H,8-11H2,1-7H3. The third-order valence-electron chi connectivity index (χ3n) is 5.41. The molecule has 3 unspecified atom stereocenters. The molecule has 1 aliphatic carbocycles. The first-order valence-electron chi connectivity index (χ1n) is 7.97. The quantitative estimate of drug-likeness (QED) is 0.747. The van der Waals surface area contributed by atoms with Gasteiger partial charge in [0.2, 0.25) is 0 Å². The maximum atomic E-state index is 3.91. The molecule has 1 N–H and O–H groups in total. The molecule has 0 heterocycles. The van der Waals surface area contributed by atoms with Crippen molar-refractivity contribution in [1.29, 1.82) is 0 Å². The van der Waals surface area contributed by atoms with Gasteiger partial charge in [0.15, 0.2) is 0 Å². The molecule has 3 atom stereocenters. The molecule has 0 aromatic heterocycles. The van der Waals surface area contributed by atoms with Crippen LogP contribution in [-0.2, 0) is 0 Å². The van der Waals surface area contributed by atoms with Crippen LogP contribution >= 0.6 is 0 Å². The molecule has 0 aromatic carbocycles. The summed E-state index contributed by atoms with van der Waals surface area (Å²) < 4.78 is 0. The predicted molar refractivity (Wildman–Crippen MR) is 81.8 cm³/mol. The van der Waals surface area contributed by atoms with E-state index in [1.165, 1.54) is 19.3 Å². The Morgan fingerprint density at radius 3 is 2.22 bits per heavy atom. The minimum absolute atomic E-state index is 0.405. The van der Waals surface area contributed by atoms with E-state index < -0.39 is 0 Å². The number of rotatable bonds is 5. The molecule has 0 aliphatic heterocycles. The fourth-order valence-corrected chi connectivity index (χ4v) is 3.04. The Hall–Kier alpha value is -0.0400. The van der Waals surface area contributed by atoms with E-state index in [-0.39, 0.29) is 0 Å². The lowest BCUT2D eigenvalue weighted by Gasteiger charge is -2.40. The molecular formula is C17H35N. The van der Waals surface area contributed by atoms with E-state index in [1.807, 2.05) is 0 Å². The molecule has 1 nitrogen and oxygen atoms in total. The number of nitrogens with one attached hydrogen (secondary N) is 1. The average molecular weight is 253 g/mol. The molecule has 0 saturated heterocycles. The molecule has 18 heavy (non-hydrogen) atoms. The molecule has 0 radical (unpaired) electrons. The Morgan fingerprint density at radius 2 is 1.72 bits per heavy atom. The highest BCUT2D eigenvalue weighted by Crippen LogP contribution is 2.34. The van der Waals surface area contributed by atoms with E-state index in [9.17, 15) is 0 Å². The van der Waals surface area contributed by atoms with Crippen LogP contribution in [0.2, 0.25) is 0 Å². The van der Waals surface area contributed by atoms with Crippen molar-refractivity contribution in [3.05, 3.63) is 0 Å². The highest BCUT2D eigenvalue weighted by atomic mass is 14.9. The topological polar surface area (TPSA) is 12.0 Å². The molecule has 1 rings (SSSR count). The van der Waals surface area contributed by atoms with Gasteiger partial charge in [0, 0.05) is 12.6 Å². The van der Waals surface area contributed by atoms with Crippen LogP contribution in [0.5, 0.6) is 0 Å². The lowest BCUT2D eigenvalue weighted by atomic mass is 9.73. The second-order valence-corrected chi connectivity index (χ2v) is 7.96. The van der Waals surface area contributed by atoms with E-state index in [0.29, 0.717) is 5.41 Å². The first kappa shape index (κ1) is 16.0. The van der Waals surface area contributed by atoms with Crippen molar-refractivity contribution in [2.24, 2.45) is 29.1 Å². The fraction of sp³-hybridized carbons (Fsp3) is 1.00. The van der Waals surface area contributed by atoms with Gasteiger partial charge in [0.25, 0.3) is 0 Å². The maximum Gasteiger partial charge on any atom is 0.0100 e. The Labute approximate surface area is 115 Å². The van der Waals surface area contributed by atoms with Crippen LogP contribution in [0.1, 0.15) is 67.7 Å². The second kappa shape index (κ2) is 6.41. The smallest absolute Gasteiger partial charge is 0.0100 e. The lowest BCUT2D eigenvalue weighted by Crippen LogP contribution is -2.47. The largest absolute Gasteiger partial charge is 0.313 e. The summed E-state index contributed by atoms with van der Waals surface area (Å²) in [7, 11) is 0. The Kier molecular flexibility index (Phi) is 5.70. The maximum absolute atomic E-state index is 3.91. The van der Waals surface area contributed by atoms with Gasteiger partial charge in [0.05, 0.1) is 0 Å². The summed E-state index contributed by atoms with van der Waals surface area (Å²) in [5.74, 6) is 3.34. The zero-order chi connectivity index (χ0) is 13.9. The van der Waals surface area contributed by atoms with E-state index in [2.05, 4.69) is 53.8 Å². The fourth-order valence-electron chi connectivity index (χ4n) is 3.04. The van der Waals surface area contributed by atoms with Crippen LogP contribution in [0.25, 0.3) is 0 Å². The predicted octanol–water partition coefficient (Wildman–Crippen LogP) is 4.72. The van der Waals surface area contributed by atoms with Gasteiger partial charge in [-0.25, -0.2) is 0 Å². The van der Waals surface area contributed by atoms with Gasteiger partial charge in [-0.15, -0.1) is 0 Å². The SMILES string of the molecule is CC1CCC(C(C)C)C(NCC(C)(C)C(C)C)C1. The molecule has 0 spiro atoms. The molecule has 0 aromatic rings. The van der Waals surface area contributed by atoms with Crippen molar-refractivity contribution >= 4 is 0 Å². The Bertz CT molecular complexity index is 242. The van der Waals surface area contributed by atoms with E-state index >= 15 is 0 Å². The molecular weight excluding hydrogens is 218 g/mol. The summed E-state index contributed by atoms with van der Waals surface area (Å²) in [6.45, 7) is 17.8. The Morgan fingerprint density at radius 1 is 1.11 bits per heavy atom. The van der Waals surface area contributed by atoms with Gasteiger partial charge in [-0.05, 0) is 41.9 Å². The molecule has 1 fully saturated rings. The molecule has 1 aliphatic rings. The third kappa shape index (κ3) is 4.26. The minimum atomic E-state index is 0.405. The lowest BCUT2D eigenvalue weighted by molar-refractivity contribution is 0.143. The molecule has 0 bridgehead atoms. The first-order valence-corrected chi connectivity index (χ1v) is 7.97. The zero-order valence-corrected chi connectivity index (χ0v) is 13.7. The summed E-state index contributed by atoms with van der Waals surface area (Å²) in [5, 5.41) is 3.91. The number of hydrogen-bond donors (Lipinski definition) is 1. The van der Waals surface area contributed by atoms with Crippen LogP contribution < -0.4 is 5.32 Å². The summed E-state index contributed by atoms with van der Waals surface area (Å²) in [6.07, 6.45) is 4.21. The summed E-state index contributed by atoms with van der Waals surface area (Å²) in [4.78, 5) is 0. The first-order chi connectivity index (χ1) is 8.24. The molecule has 108 valence electrons. The van der Waals surface area contributed by atoms with Crippen molar-refractivity contribution in [1.82, 2.24) is 5.32 Å². The van der Waals surface area contributed by atoms with Crippen LogP contribution in [-0.4, -0.2) is 12.6 Å². The number of hydrogen-bond acceptors (Lipinski definition) is 1. The highest BCUT2D eigenvalue weighted by molar-refractivity contribution is 4.87. The summed E-state index contributed by atoms with van der Waals surface area (Å²) in [6, 6.07) is 0.742. The van der Waals surface area contributed by atoms with Crippen molar-refractivity contribution in [2.45, 2.75) is 73.8 Å². The van der Waals surface area contributed by atoms with Crippen LogP contribution in [0.15, 0.2) is 0 Å². The van der Waals surface area contributed by atoms with E-state index in [4.69, 9.17) is 0 Å². The van der Waals surface area contributed by atoms with Gasteiger partial charge in [-0.3, -0.25) is 0 Å². The van der Waals surface area contributed by atoms with E-state index in [0.717, 1.165) is 36.3 Å². The van der Waals surface area contributed by atoms with Crippen LogP contribution in [0.4, 0.5) is 0 Å².